The molecule has 0 aliphatic carbocycles. The minimum atomic E-state index is -0.335. The average molecular weight is 195 g/mol. The number of hydrogen-bond donors (Lipinski definition) is 2. The van der Waals surface area contributed by atoms with Gasteiger partial charge in [0.1, 0.15) is 6.10 Å². The van der Waals surface area contributed by atoms with Crippen LogP contribution in [0.2, 0.25) is 0 Å². The normalized spacial score (nSPS) is 22.2. The Kier molecular flexibility index (Phi) is 5.84. The van der Waals surface area contributed by atoms with Gasteiger partial charge in [-0.25, -0.2) is 4.79 Å². The van der Waals surface area contributed by atoms with E-state index in [0.29, 0.717) is 0 Å². The van der Waals surface area contributed by atoms with Gasteiger partial charge >= 0.3 is 6.09 Å². The molecule has 72 valence electrons. The van der Waals surface area contributed by atoms with Crippen molar-refractivity contribution < 1.29 is 9.53 Å². The Bertz CT molecular complexity index is 137. The third-order valence-electron chi connectivity index (χ3n) is 1.73. The molecule has 2 N–H and O–H groups in total. The molecule has 1 heterocycles. The summed E-state index contributed by atoms with van der Waals surface area (Å²) in [6.45, 7) is 1.82. The van der Waals surface area contributed by atoms with Crippen LogP contribution >= 0.6 is 12.4 Å². The average Bonchev–Trinajstić information content (AvgIpc) is 2.06. The molecule has 1 unspecified atom stereocenters. The lowest BCUT2D eigenvalue weighted by Crippen LogP contribution is -2.38. The SMILES string of the molecule is CNC(=O)OC1CCCNC1.Cl. The molecule has 1 rings (SSSR count). The number of amides is 1. The number of carbonyl (C=O) groups is 1. The van der Waals surface area contributed by atoms with Gasteiger partial charge in [-0.1, -0.05) is 0 Å². The Morgan fingerprint density at radius 3 is 2.92 bits per heavy atom. The molecular formula is C7H15ClN2O2. The summed E-state index contributed by atoms with van der Waals surface area (Å²) in [4.78, 5) is 10.7. The van der Waals surface area contributed by atoms with E-state index in [1.807, 2.05) is 0 Å². The van der Waals surface area contributed by atoms with E-state index >= 15 is 0 Å². The second-order valence-electron chi connectivity index (χ2n) is 2.62. The lowest BCUT2D eigenvalue weighted by Gasteiger charge is -2.22. The Balaban J connectivity index is 0.00000121. The maximum absolute atomic E-state index is 10.7. The summed E-state index contributed by atoms with van der Waals surface area (Å²) in [5, 5.41) is 5.58. The van der Waals surface area contributed by atoms with Crippen molar-refractivity contribution in [3.8, 4) is 0 Å². The van der Waals surface area contributed by atoms with Crippen LogP contribution in [0.3, 0.4) is 0 Å². The van der Waals surface area contributed by atoms with Crippen molar-refractivity contribution in [1.82, 2.24) is 10.6 Å². The number of hydrogen-bond acceptors (Lipinski definition) is 3. The van der Waals surface area contributed by atoms with Gasteiger partial charge in [0.25, 0.3) is 0 Å². The van der Waals surface area contributed by atoms with Crippen molar-refractivity contribution in [3.63, 3.8) is 0 Å². The molecule has 0 saturated carbocycles. The minimum absolute atomic E-state index is 0. The number of alkyl carbamates (subject to hydrolysis) is 1. The van der Waals surface area contributed by atoms with E-state index in [1.165, 1.54) is 0 Å². The first kappa shape index (κ1) is 11.5. The molecule has 1 saturated heterocycles. The standard InChI is InChI=1S/C7H14N2O2.ClH/c1-8-7(10)11-6-3-2-4-9-5-6;/h6,9H,2-5H2,1H3,(H,8,10);1H. The first-order chi connectivity index (χ1) is 5.33. The quantitative estimate of drug-likeness (QED) is 0.640. The smallest absolute Gasteiger partial charge is 0.407 e. The monoisotopic (exact) mass is 194 g/mol. The first-order valence-electron chi connectivity index (χ1n) is 3.92. The molecule has 0 aromatic rings. The van der Waals surface area contributed by atoms with Crippen molar-refractivity contribution in [2.75, 3.05) is 20.1 Å². The van der Waals surface area contributed by atoms with Crippen LogP contribution in [0.25, 0.3) is 0 Å². The topological polar surface area (TPSA) is 50.4 Å². The van der Waals surface area contributed by atoms with Gasteiger partial charge < -0.3 is 15.4 Å². The number of carbonyl (C=O) groups excluding carboxylic acids is 1. The van der Waals surface area contributed by atoms with Crippen LogP contribution in [0, 0.1) is 0 Å². The Labute approximate surface area is 78.5 Å². The van der Waals surface area contributed by atoms with Crippen molar-refractivity contribution in [1.29, 1.82) is 0 Å². The zero-order valence-corrected chi connectivity index (χ0v) is 7.95. The van der Waals surface area contributed by atoms with E-state index in [2.05, 4.69) is 10.6 Å². The van der Waals surface area contributed by atoms with Gasteiger partial charge in [-0.15, -0.1) is 12.4 Å². The fraction of sp³-hybridized carbons (Fsp3) is 0.857. The number of rotatable bonds is 1. The van der Waals surface area contributed by atoms with Crippen LogP contribution in [-0.2, 0) is 4.74 Å². The summed E-state index contributed by atoms with van der Waals surface area (Å²) in [5.74, 6) is 0. The van der Waals surface area contributed by atoms with Gasteiger partial charge in [0, 0.05) is 13.6 Å². The van der Waals surface area contributed by atoms with Crippen LogP contribution in [0.15, 0.2) is 0 Å². The maximum atomic E-state index is 10.7. The molecular weight excluding hydrogens is 180 g/mol. The van der Waals surface area contributed by atoms with Gasteiger partial charge in [0.2, 0.25) is 0 Å². The molecule has 0 bridgehead atoms. The van der Waals surface area contributed by atoms with Gasteiger partial charge in [0.15, 0.2) is 0 Å². The van der Waals surface area contributed by atoms with Crippen molar-refractivity contribution >= 4 is 18.5 Å². The highest BCUT2D eigenvalue weighted by Gasteiger charge is 2.15. The molecule has 5 heteroatoms. The Morgan fingerprint density at radius 2 is 2.42 bits per heavy atom. The van der Waals surface area contributed by atoms with E-state index in [-0.39, 0.29) is 24.6 Å². The highest BCUT2D eigenvalue weighted by atomic mass is 35.5. The highest BCUT2D eigenvalue weighted by molar-refractivity contribution is 5.85. The molecule has 0 aromatic heterocycles. The van der Waals surface area contributed by atoms with Crippen LogP contribution in [0.5, 0.6) is 0 Å². The Hall–Kier alpha value is -0.480. The molecule has 0 aromatic carbocycles. The fourth-order valence-electron chi connectivity index (χ4n) is 1.13. The van der Waals surface area contributed by atoms with E-state index in [9.17, 15) is 4.79 Å². The van der Waals surface area contributed by atoms with Crippen LogP contribution in [0.1, 0.15) is 12.8 Å². The van der Waals surface area contributed by atoms with E-state index in [4.69, 9.17) is 4.74 Å². The van der Waals surface area contributed by atoms with Crippen molar-refractivity contribution in [2.24, 2.45) is 0 Å². The number of ether oxygens (including phenoxy) is 1. The second-order valence-corrected chi connectivity index (χ2v) is 2.62. The van der Waals surface area contributed by atoms with E-state index < -0.39 is 0 Å². The zero-order valence-electron chi connectivity index (χ0n) is 7.13. The predicted molar refractivity (Wildman–Crippen MR) is 48.7 cm³/mol. The summed E-state index contributed by atoms with van der Waals surface area (Å²) in [6, 6.07) is 0. The Morgan fingerprint density at radius 1 is 1.67 bits per heavy atom. The van der Waals surface area contributed by atoms with Gasteiger partial charge in [-0.2, -0.15) is 0 Å². The van der Waals surface area contributed by atoms with E-state index in [0.717, 1.165) is 25.9 Å². The molecule has 1 aliphatic rings. The van der Waals surface area contributed by atoms with Crippen molar-refractivity contribution in [3.05, 3.63) is 0 Å². The first-order valence-corrected chi connectivity index (χ1v) is 3.92. The molecule has 1 amide bonds. The summed E-state index contributed by atoms with van der Waals surface area (Å²) in [6.07, 6.45) is 1.78. The molecule has 0 radical (unpaired) electrons. The molecule has 1 fully saturated rings. The third kappa shape index (κ3) is 3.78. The third-order valence-corrected chi connectivity index (χ3v) is 1.73. The molecule has 12 heavy (non-hydrogen) atoms. The summed E-state index contributed by atoms with van der Waals surface area (Å²) in [7, 11) is 1.57. The maximum Gasteiger partial charge on any atom is 0.407 e. The van der Waals surface area contributed by atoms with Crippen LogP contribution in [0.4, 0.5) is 4.79 Å². The molecule has 0 spiro atoms. The zero-order chi connectivity index (χ0) is 8.10. The lowest BCUT2D eigenvalue weighted by atomic mass is 10.1. The number of nitrogens with one attached hydrogen (secondary N) is 2. The van der Waals surface area contributed by atoms with Gasteiger partial charge in [0.05, 0.1) is 0 Å². The summed E-state index contributed by atoms with van der Waals surface area (Å²) < 4.78 is 5.03. The highest BCUT2D eigenvalue weighted by Crippen LogP contribution is 2.05. The molecule has 1 aliphatic heterocycles. The van der Waals surface area contributed by atoms with Gasteiger partial charge in [-0.05, 0) is 19.4 Å². The summed E-state index contributed by atoms with van der Waals surface area (Å²) >= 11 is 0. The van der Waals surface area contributed by atoms with Crippen LogP contribution < -0.4 is 10.6 Å². The predicted octanol–water partition coefficient (Wildman–Crippen LogP) is 0.516. The number of piperidine rings is 1. The minimum Gasteiger partial charge on any atom is -0.445 e. The molecule has 1 atom stereocenters. The second kappa shape index (κ2) is 6.08. The van der Waals surface area contributed by atoms with E-state index in [1.54, 1.807) is 7.05 Å². The van der Waals surface area contributed by atoms with Crippen LogP contribution in [-0.4, -0.2) is 32.3 Å². The lowest BCUT2D eigenvalue weighted by molar-refractivity contribution is 0.0842. The largest absolute Gasteiger partial charge is 0.445 e. The van der Waals surface area contributed by atoms with Crippen molar-refractivity contribution in [2.45, 2.75) is 18.9 Å². The fourth-order valence-corrected chi connectivity index (χ4v) is 1.13. The summed E-state index contributed by atoms with van der Waals surface area (Å²) in [5.41, 5.74) is 0. The molecule has 4 nitrogen and oxygen atoms in total. The number of halogens is 1. The van der Waals surface area contributed by atoms with Gasteiger partial charge in [-0.3, -0.25) is 0 Å².